The van der Waals surface area contributed by atoms with E-state index in [-0.39, 0.29) is 6.23 Å². The molecule has 1 atom stereocenters. The Labute approximate surface area is 131 Å². The minimum atomic E-state index is -0.273. The van der Waals surface area contributed by atoms with Crippen LogP contribution in [-0.2, 0) is 4.74 Å². The van der Waals surface area contributed by atoms with Crippen LogP contribution in [0.1, 0.15) is 82.9 Å². The van der Waals surface area contributed by atoms with Gasteiger partial charge in [0.05, 0.1) is 0 Å². The second-order valence-electron chi connectivity index (χ2n) is 5.88. The fourth-order valence-corrected chi connectivity index (χ4v) is 2.54. The van der Waals surface area contributed by atoms with Gasteiger partial charge < -0.3 is 10.5 Å². The minimum Gasteiger partial charge on any atom is -0.359 e. The van der Waals surface area contributed by atoms with E-state index < -0.39 is 0 Å². The van der Waals surface area contributed by atoms with E-state index in [1.807, 2.05) is 30.3 Å². The van der Waals surface area contributed by atoms with Crippen molar-refractivity contribution in [3.63, 3.8) is 0 Å². The van der Waals surface area contributed by atoms with Crippen LogP contribution in [0.5, 0.6) is 0 Å². The van der Waals surface area contributed by atoms with E-state index in [0.29, 0.717) is 0 Å². The molecule has 0 aliphatic rings. The molecule has 120 valence electrons. The van der Waals surface area contributed by atoms with Crippen molar-refractivity contribution >= 4 is 0 Å². The molecule has 2 heteroatoms. The molecule has 0 bridgehead atoms. The first-order valence-electron chi connectivity index (χ1n) is 8.76. The van der Waals surface area contributed by atoms with Gasteiger partial charge in [-0.15, -0.1) is 0 Å². The van der Waals surface area contributed by atoms with Gasteiger partial charge in [0.15, 0.2) is 0 Å². The highest BCUT2D eigenvalue weighted by molar-refractivity contribution is 5.16. The molecule has 0 heterocycles. The van der Waals surface area contributed by atoms with Gasteiger partial charge in [-0.2, -0.15) is 0 Å². The number of rotatable bonds is 13. The Morgan fingerprint density at radius 2 is 1.33 bits per heavy atom. The average Bonchev–Trinajstić information content (AvgIpc) is 2.53. The summed E-state index contributed by atoms with van der Waals surface area (Å²) in [7, 11) is 0. The third-order valence-electron chi connectivity index (χ3n) is 3.92. The highest BCUT2D eigenvalue weighted by atomic mass is 16.5. The summed E-state index contributed by atoms with van der Waals surface area (Å²) in [5, 5.41) is 0. The van der Waals surface area contributed by atoms with Gasteiger partial charge in [-0.05, 0) is 12.0 Å². The number of nitrogens with two attached hydrogens (primary N) is 1. The summed E-state index contributed by atoms with van der Waals surface area (Å²) in [4.78, 5) is 0. The molecule has 0 aliphatic heterocycles. The number of ether oxygens (including phenoxy) is 1. The topological polar surface area (TPSA) is 35.2 Å². The van der Waals surface area contributed by atoms with E-state index in [0.717, 1.165) is 18.6 Å². The van der Waals surface area contributed by atoms with Gasteiger partial charge in [0.25, 0.3) is 0 Å². The number of benzene rings is 1. The summed E-state index contributed by atoms with van der Waals surface area (Å²) in [5.41, 5.74) is 7.05. The van der Waals surface area contributed by atoms with E-state index in [1.165, 1.54) is 57.8 Å². The van der Waals surface area contributed by atoms with Gasteiger partial charge in [0.1, 0.15) is 6.23 Å². The zero-order valence-electron chi connectivity index (χ0n) is 13.7. The van der Waals surface area contributed by atoms with Gasteiger partial charge >= 0.3 is 0 Å². The molecule has 0 aliphatic carbocycles. The van der Waals surface area contributed by atoms with E-state index in [4.69, 9.17) is 10.5 Å². The molecule has 1 unspecified atom stereocenters. The molecule has 0 radical (unpaired) electrons. The predicted octanol–water partition coefficient (Wildman–Crippen LogP) is 5.58. The minimum absolute atomic E-state index is 0.273. The molecule has 1 aromatic carbocycles. The van der Waals surface area contributed by atoms with E-state index in [2.05, 4.69) is 6.92 Å². The molecule has 0 fully saturated rings. The Bertz CT molecular complexity index is 326. The van der Waals surface area contributed by atoms with Crippen LogP contribution in [0.25, 0.3) is 0 Å². The molecular weight excluding hydrogens is 258 g/mol. The van der Waals surface area contributed by atoms with Crippen molar-refractivity contribution in [2.75, 3.05) is 6.61 Å². The lowest BCUT2D eigenvalue weighted by Crippen LogP contribution is -2.14. The summed E-state index contributed by atoms with van der Waals surface area (Å²) in [6, 6.07) is 10.0. The first kappa shape index (κ1) is 18.2. The lowest BCUT2D eigenvalue weighted by molar-refractivity contribution is 0.0543. The second kappa shape index (κ2) is 12.8. The summed E-state index contributed by atoms with van der Waals surface area (Å²) in [6.07, 6.45) is 13.2. The van der Waals surface area contributed by atoms with Crippen LogP contribution >= 0.6 is 0 Å². The Morgan fingerprint density at radius 1 is 0.810 bits per heavy atom. The first-order chi connectivity index (χ1) is 10.3. The maximum Gasteiger partial charge on any atom is 0.131 e. The Balaban J connectivity index is 1.86. The Morgan fingerprint density at radius 3 is 1.90 bits per heavy atom. The predicted molar refractivity (Wildman–Crippen MR) is 91.2 cm³/mol. The van der Waals surface area contributed by atoms with E-state index in [1.54, 1.807) is 0 Å². The van der Waals surface area contributed by atoms with Gasteiger partial charge in [0.2, 0.25) is 0 Å². The standard InChI is InChI=1S/C19H33NO/c1-2-3-4-5-6-7-8-9-10-14-17-21-19(20)18-15-12-11-13-16-18/h11-13,15-16,19H,2-10,14,17,20H2,1H3. The van der Waals surface area contributed by atoms with Crippen molar-refractivity contribution in [3.8, 4) is 0 Å². The van der Waals surface area contributed by atoms with Crippen LogP contribution in [0.3, 0.4) is 0 Å². The van der Waals surface area contributed by atoms with E-state index in [9.17, 15) is 0 Å². The van der Waals surface area contributed by atoms with Gasteiger partial charge in [0, 0.05) is 6.61 Å². The molecule has 2 nitrogen and oxygen atoms in total. The van der Waals surface area contributed by atoms with Crippen molar-refractivity contribution in [2.24, 2.45) is 5.73 Å². The molecular formula is C19H33NO. The molecule has 0 aromatic heterocycles. The highest BCUT2D eigenvalue weighted by Crippen LogP contribution is 2.13. The fraction of sp³-hybridized carbons (Fsp3) is 0.684. The number of hydrogen-bond acceptors (Lipinski definition) is 2. The molecule has 0 amide bonds. The molecule has 21 heavy (non-hydrogen) atoms. The summed E-state index contributed by atoms with van der Waals surface area (Å²) < 4.78 is 5.68. The SMILES string of the molecule is CCCCCCCCCCCCOC(N)c1ccccc1. The number of hydrogen-bond donors (Lipinski definition) is 1. The normalized spacial score (nSPS) is 12.5. The van der Waals surface area contributed by atoms with Crippen molar-refractivity contribution < 1.29 is 4.74 Å². The van der Waals surface area contributed by atoms with E-state index >= 15 is 0 Å². The van der Waals surface area contributed by atoms with Crippen LogP contribution in [0.15, 0.2) is 30.3 Å². The first-order valence-corrected chi connectivity index (χ1v) is 8.76. The average molecular weight is 291 g/mol. The van der Waals surface area contributed by atoms with Crippen molar-refractivity contribution in [3.05, 3.63) is 35.9 Å². The zero-order chi connectivity index (χ0) is 15.2. The smallest absolute Gasteiger partial charge is 0.131 e. The van der Waals surface area contributed by atoms with Gasteiger partial charge in [-0.1, -0.05) is 95.0 Å². The largest absolute Gasteiger partial charge is 0.359 e. The summed E-state index contributed by atoms with van der Waals surface area (Å²) in [5.74, 6) is 0. The Kier molecular flexibility index (Phi) is 11.1. The van der Waals surface area contributed by atoms with Gasteiger partial charge in [-0.3, -0.25) is 0 Å². The number of unbranched alkanes of at least 4 members (excludes halogenated alkanes) is 9. The van der Waals surface area contributed by atoms with Gasteiger partial charge in [-0.25, -0.2) is 0 Å². The van der Waals surface area contributed by atoms with Crippen molar-refractivity contribution in [1.82, 2.24) is 0 Å². The molecule has 2 N–H and O–H groups in total. The molecule has 1 aromatic rings. The maximum absolute atomic E-state index is 5.99. The highest BCUT2D eigenvalue weighted by Gasteiger charge is 2.04. The quantitative estimate of drug-likeness (QED) is 0.380. The second-order valence-corrected chi connectivity index (χ2v) is 5.88. The summed E-state index contributed by atoms with van der Waals surface area (Å²) in [6.45, 7) is 3.04. The molecule has 0 saturated carbocycles. The van der Waals surface area contributed by atoms with Crippen LogP contribution in [-0.4, -0.2) is 6.61 Å². The summed E-state index contributed by atoms with van der Waals surface area (Å²) >= 11 is 0. The van der Waals surface area contributed by atoms with Crippen LogP contribution in [0.2, 0.25) is 0 Å². The fourth-order valence-electron chi connectivity index (χ4n) is 2.54. The van der Waals surface area contributed by atoms with Crippen molar-refractivity contribution in [2.45, 2.75) is 77.4 Å². The zero-order valence-corrected chi connectivity index (χ0v) is 13.7. The maximum atomic E-state index is 5.99. The lowest BCUT2D eigenvalue weighted by atomic mass is 10.1. The third-order valence-corrected chi connectivity index (χ3v) is 3.92. The monoisotopic (exact) mass is 291 g/mol. The Hall–Kier alpha value is -0.860. The molecule has 0 spiro atoms. The molecule has 1 rings (SSSR count). The van der Waals surface area contributed by atoms with Crippen molar-refractivity contribution in [1.29, 1.82) is 0 Å². The lowest BCUT2D eigenvalue weighted by Gasteiger charge is -2.13. The van der Waals surface area contributed by atoms with Crippen LogP contribution in [0, 0.1) is 0 Å². The van der Waals surface area contributed by atoms with Crippen LogP contribution in [0.4, 0.5) is 0 Å². The van der Waals surface area contributed by atoms with Crippen LogP contribution < -0.4 is 5.73 Å². The molecule has 0 saturated heterocycles. The third kappa shape index (κ3) is 9.65.